The summed E-state index contributed by atoms with van der Waals surface area (Å²) in [6.45, 7) is 5.88. The molecule has 1 aromatic rings. The molecule has 5 rings (SSSR count). The first-order chi connectivity index (χ1) is 14.6. The van der Waals surface area contributed by atoms with Gasteiger partial charge in [0.1, 0.15) is 5.69 Å². The van der Waals surface area contributed by atoms with E-state index < -0.39 is 0 Å². The van der Waals surface area contributed by atoms with E-state index in [1.165, 1.54) is 64.2 Å². The minimum atomic E-state index is -0.00755. The van der Waals surface area contributed by atoms with E-state index in [0.29, 0.717) is 17.0 Å². The van der Waals surface area contributed by atoms with E-state index in [1.807, 2.05) is 18.2 Å². The fourth-order valence-electron chi connectivity index (χ4n) is 8.54. The van der Waals surface area contributed by atoms with Crippen LogP contribution in [0.1, 0.15) is 88.5 Å². The highest BCUT2D eigenvalue weighted by molar-refractivity contribution is 5.92. The Labute approximate surface area is 182 Å². The third-order valence-corrected chi connectivity index (χ3v) is 10.1. The number of rotatable bonds is 3. The van der Waals surface area contributed by atoms with Crippen molar-refractivity contribution in [1.29, 1.82) is 0 Å². The maximum atomic E-state index is 12.6. The molecule has 0 bridgehead atoms. The van der Waals surface area contributed by atoms with Crippen LogP contribution in [0, 0.1) is 46.8 Å². The van der Waals surface area contributed by atoms with Crippen molar-refractivity contribution in [2.24, 2.45) is 46.8 Å². The number of hydrogen-bond acceptors (Lipinski definition) is 2. The van der Waals surface area contributed by atoms with Crippen LogP contribution in [-0.4, -0.2) is 17.4 Å². The van der Waals surface area contributed by atoms with E-state index in [9.17, 15) is 4.79 Å². The summed E-state index contributed by atoms with van der Waals surface area (Å²) in [6, 6.07) is 5.57. The molecule has 0 radical (unpaired) electrons. The van der Waals surface area contributed by atoms with Crippen LogP contribution in [0.3, 0.4) is 0 Å². The van der Waals surface area contributed by atoms with E-state index in [1.54, 1.807) is 6.20 Å². The van der Waals surface area contributed by atoms with Crippen molar-refractivity contribution in [3.8, 4) is 0 Å². The summed E-state index contributed by atoms with van der Waals surface area (Å²) in [6.07, 6.45) is 16.0. The number of hydrogen-bond donors (Lipinski definition) is 1. The molecule has 0 spiro atoms. The molecule has 3 heteroatoms. The molecule has 0 aliphatic heterocycles. The van der Waals surface area contributed by atoms with Gasteiger partial charge >= 0.3 is 0 Å². The topological polar surface area (TPSA) is 42.0 Å². The average molecular weight is 409 g/mol. The first-order valence-electron chi connectivity index (χ1n) is 12.8. The van der Waals surface area contributed by atoms with Crippen molar-refractivity contribution in [3.05, 3.63) is 30.1 Å². The van der Waals surface area contributed by atoms with Crippen LogP contribution in [0.2, 0.25) is 0 Å². The average Bonchev–Trinajstić information content (AvgIpc) is 2.77. The first-order valence-corrected chi connectivity index (χ1v) is 12.8. The van der Waals surface area contributed by atoms with Crippen molar-refractivity contribution in [2.75, 3.05) is 6.54 Å². The Morgan fingerprint density at radius 1 is 1.07 bits per heavy atom. The van der Waals surface area contributed by atoms with Crippen molar-refractivity contribution >= 4 is 5.91 Å². The Balaban J connectivity index is 1.27. The number of nitrogens with zero attached hydrogens (tertiary/aromatic N) is 1. The lowest BCUT2D eigenvalue weighted by Gasteiger charge is -2.60. The fourth-order valence-corrected chi connectivity index (χ4v) is 8.54. The zero-order valence-corrected chi connectivity index (χ0v) is 19.0. The van der Waals surface area contributed by atoms with E-state index in [0.717, 1.165) is 42.1 Å². The van der Waals surface area contributed by atoms with E-state index in [-0.39, 0.29) is 5.91 Å². The number of amides is 1. The van der Waals surface area contributed by atoms with Crippen LogP contribution in [0.5, 0.6) is 0 Å². The van der Waals surface area contributed by atoms with Crippen LogP contribution in [0.25, 0.3) is 0 Å². The van der Waals surface area contributed by atoms with E-state index in [2.05, 4.69) is 24.1 Å². The minimum Gasteiger partial charge on any atom is -0.350 e. The quantitative estimate of drug-likeness (QED) is 0.656. The molecule has 4 saturated carbocycles. The highest BCUT2D eigenvalue weighted by atomic mass is 16.1. The Bertz CT molecular complexity index is 748. The molecule has 1 aromatic heterocycles. The van der Waals surface area contributed by atoms with Gasteiger partial charge < -0.3 is 5.32 Å². The summed E-state index contributed by atoms with van der Waals surface area (Å²) < 4.78 is 0. The fraction of sp³-hybridized carbons (Fsp3) is 0.778. The summed E-state index contributed by atoms with van der Waals surface area (Å²) in [5.41, 5.74) is 0.953. The van der Waals surface area contributed by atoms with Gasteiger partial charge in [0.05, 0.1) is 0 Å². The van der Waals surface area contributed by atoms with Crippen LogP contribution >= 0.6 is 0 Å². The molecule has 164 valence electrons. The van der Waals surface area contributed by atoms with Gasteiger partial charge in [0.15, 0.2) is 0 Å². The monoisotopic (exact) mass is 408 g/mol. The SMILES string of the molecule is C[C@H]1CC[C@H]2[C@H](CC[C@@H]3[C@@H]2CC[C@]2(C)[C@@H](CNC(=O)c4ccccn4)CCC[C@@H]32)C1. The van der Waals surface area contributed by atoms with Gasteiger partial charge in [-0.3, -0.25) is 9.78 Å². The van der Waals surface area contributed by atoms with Gasteiger partial charge in [-0.05, 0) is 110 Å². The molecule has 0 aromatic carbocycles. The van der Waals surface area contributed by atoms with Gasteiger partial charge in [-0.1, -0.05) is 32.8 Å². The lowest BCUT2D eigenvalue weighted by molar-refractivity contribution is -0.108. The maximum absolute atomic E-state index is 12.6. The highest BCUT2D eigenvalue weighted by Crippen LogP contribution is 2.62. The van der Waals surface area contributed by atoms with Crippen molar-refractivity contribution in [1.82, 2.24) is 10.3 Å². The molecule has 4 aliphatic rings. The third-order valence-electron chi connectivity index (χ3n) is 10.1. The molecule has 1 heterocycles. The molecule has 8 atom stereocenters. The van der Waals surface area contributed by atoms with Gasteiger partial charge in [0.2, 0.25) is 0 Å². The molecule has 0 saturated heterocycles. The summed E-state index contributed by atoms with van der Waals surface area (Å²) in [5, 5.41) is 3.25. The van der Waals surface area contributed by atoms with Crippen LogP contribution in [-0.2, 0) is 0 Å². The molecule has 4 aliphatic carbocycles. The largest absolute Gasteiger partial charge is 0.350 e. The second-order valence-corrected chi connectivity index (χ2v) is 11.5. The van der Waals surface area contributed by atoms with Gasteiger partial charge in [-0.2, -0.15) is 0 Å². The predicted octanol–water partition coefficient (Wildman–Crippen LogP) is 6.11. The number of nitrogens with one attached hydrogen (secondary N) is 1. The number of pyridine rings is 1. The van der Waals surface area contributed by atoms with Gasteiger partial charge in [0, 0.05) is 12.7 Å². The molecule has 4 fully saturated rings. The van der Waals surface area contributed by atoms with Gasteiger partial charge in [0.25, 0.3) is 5.91 Å². The van der Waals surface area contributed by atoms with Crippen LogP contribution in [0.4, 0.5) is 0 Å². The molecule has 0 unspecified atom stereocenters. The summed E-state index contributed by atoms with van der Waals surface area (Å²) in [7, 11) is 0. The Kier molecular flexibility index (Phi) is 5.66. The van der Waals surface area contributed by atoms with Crippen molar-refractivity contribution < 1.29 is 4.79 Å². The standard InChI is InChI=1S/C27H40N2O/c1-18-9-11-21-19(16-18)10-12-23-22(21)13-14-27(2)20(6-5-7-24(23)27)17-29-26(30)25-8-3-4-15-28-25/h3-4,8,15,18-24H,5-7,9-14,16-17H2,1-2H3,(H,29,30)/t18-,19+,20+,21-,22+,23+,24-,27+/m0/s1. The third kappa shape index (κ3) is 3.60. The molecular weight excluding hydrogens is 368 g/mol. The van der Waals surface area contributed by atoms with E-state index in [4.69, 9.17) is 0 Å². The number of aromatic nitrogens is 1. The van der Waals surface area contributed by atoms with Crippen LogP contribution < -0.4 is 5.32 Å². The van der Waals surface area contributed by atoms with Crippen molar-refractivity contribution in [2.45, 2.75) is 78.1 Å². The second-order valence-electron chi connectivity index (χ2n) is 11.5. The second kappa shape index (κ2) is 8.28. The Morgan fingerprint density at radius 3 is 2.77 bits per heavy atom. The lowest BCUT2D eigenvalue weighted by atomic mass is 9.45. The summed E-state index contributed by atoms with van der Waals surface area (Å²) >= 11 is 0. The summed E-state index contributed by atoms with van der Waals surface area (Å²) in [4.78, 5) is 16.8. The molecule has 3 nitrogen and oxygen atoms in total. The van der Waals surface area contributed by atoms with Gasteiger partial charge in [-0.15, -0.1) is 0 Å². The molecule has 30 heavy (non-hydrogen) atoms. The lowest BCUT2D eigenvalue weighted by Crippen LogP contribution is -2.54. The number of fused-ring (bicyclic) bond motifs is 5. The smallest absolute Gasteiger partial charge is 0.269 e. The Hall–Kier alpha value is -1.38. The van der Waals surface area contributed by atoms with Crippen molar-refractivity contribution in [3.63, 3.8) is 0 Å². The zero-order chi connectivity index (χ0) is 20.7. The minimum absolute atomic E-state index is 0.00755. The maximum Gasteiger partial charge on any atom is 0.269 e. The highest BCUT2D eigenvalue weighted by Gasteiger charge is 2.55. The molecule has 1 amide bonds. The van der Waals surface area contributed by atoms with Crippen LogP contribution in [0.15, 0.2) is 24.4 Å². The molecular formula is C27H40N2O. The normalized spacial score (nSPS) is 43.1. The van der Waals surface area contributed by atoms with Gasteiger partial charge in [-0.25, -0.2) is 0 Å². The van der Waals surface area contributed by atoms with E-state index >= 15 is 0 Å². The molecule has 1 N–H and O–H groups in total. The number of carbonyl (C=O) groups excluding carboxylic acids is 1. The number of carbonyl (C=O) groups is 1. The zero-order valence-electron chi connectivity index (χ0n) is 19.0. The Morgan fingerprint density at radius 2 is 1.93 bits per heavy atom. The summed E-state index contributed by atoms with van der Waals surface area (Å²) in [5.74, 6) is 6.44. The predicted molar refractivity (Wildman–Crippen MR) is 121 cm³/mol. The first kappa shape index (κ1) is 20.5.